The maximum Gasteiger partial charge on any atom is 0.261 e. The molecule has 8 heteroatoms. The van der Waals surface area contributed by atoms with E-state index in [0.717, 1.165) is 55.3 Å². The quantitative estimate of drug-likeness (QED) is 0.626. The zero-order valence-electron chi connectivity index (χ0n) is 16.9. The van der Waals surface area contributed by atoms with Crippen LogP contribution in [-0.2, 0) is 17.8 Å². The molecule has 0 atom stereocenters. The van der Waals surface area contributed by atoms with E-state index in [9.17, 15) is 4.79 Å². The monoisotopic (exact) mass is 394 g/mol. The zero-order valence-corrected chi connectivity index (χ0v) is 16.9. The standard InChI is InChI=1S/C21H26N6O2/c1-16-20(23-6-5-22-16)14-25-7-9-26(10-8-25)17-3-4-18-19(13-17)24-15-27(21(18)28)11-12-29-2/h3-6,13,15H,7-12,14H2,1-2H3. The highest BCUT2D eigenvalue weighted by molar-refractivity contribution is 5.81. The Hall–Kier alpha value is -2.84. The van der Waals surface area contributed by atoms with Gasteiger partial charge in [-0.1, -0.05) is 0 Å². The summed E-state index contributed by atoms with van der Waals surface area (Å²) in [6.07, 6.45) is 5.09. The summed E-state index contributed by atoms with van der Waals surface area (Å²) in [7, 11) is 1.62. The molecule has 0 unspecified atom stereocenters. The van der Waals surface area contributed by atoms with Crippen molar-refractivity contribution in [3.63, 3.8) is 0 Å². The molecule has 29 heavy (non-hydrogen) atoms. The van der Waals surface area contributed by atoms with Gasteiger partial charge in [0.15, 0.2) is 0 Å². The van der Waals surface area contributed by atoms with Crippen molar-refractivity contribution in [3.8, 4) is 0 Å². The van der Waals surface area contributed by atoms with E-state index in [1.807, 2.05) is 25.1 Å². The highest BCUT2D eigenvalue weighted by Gasteiger charge is 2.19. The molecule has 2 aromatic heterocycles. The van der Waals surface area contributed by atoms with Crippen molar-refractivity contribution in [2.45, 2.75) is 20.0 Å². The lowest BCUT2D eigenvalue weighted by Crippen LogP contribution is -2.46. The molecule has 0 N–H and O–H groups in total. The Labute approximate surface area is 169 Å². The minimum absolute atomic E-state index is 0.0252. The molecule has 0 amide bonds. The first kappa shape index (κ1) is 19.5. The lowest BCUT2D eigenvalue weighted by molar-refractivity contribution is 0.186. The summed E-state index contributed by atoms with van der Waals surface area (Å²) in [6, 6.07) is 5.92. The van der Waals surface area contributed by atoms with Crippen molar-refractivity contribution in [1.29, 1.82) is 0 Å². The van der Waals surface area contributed by atoms with Gasteiger partial charge in [-0.05, 0) is 25.1 Å². The average molecular weight is 394 g/mol. The number of nitrogens with zero attached hydrogens (tertiary/aromatic N) is 6. The Morgan fingerprint density at radius 1 is 1.07 bits per heavy atom. The summed E-state index contributed by atoms with van der Waals surface area (Å²) in [6.45, 7) is 7.60. The van der Waals surface area contributed by atoms with Gasteiger partial charge in [0.1, 0.15) is 0 Å². The number of anilines is 1. The Morgan fingerprint density at radius 3 is 2.62 bits per heavy atom. The number of rotatable bonds is 6. The summed E-state index contributed by atoms with van der Waals surface area (Å²) < 4.78 is 6.65. The van der Waals surface area contributed by atoms with Crippen LogP contribution in [0.15, 0.2) is 41.7 Å². The third-order valence-corrected chi connectivity index (χ3v) is 5.44. The minimum Gasteiger partial charge on any atom is -0.383 e. The smallest absolute Gasteiger partial charge is 0.261 e. The van der Waals surface area contributed by atoms with E-state index in [0.29, 0.717) is 18.5 Å². The van der Waals surface area contributed by atoms with Gasteiger partial charge in [-0.2, -0.15) is 0 Å². The molecule has 0 spiro atoms. The second-order valence-electron chi connectivity index (χ2n) is 7.29. The van der Waals surface area contributed by atoms with Crippen LogP contribution in [-0.4, -0.2) is 64.3 Å². The number of hydrogen-bond donors (Lipinski definition) is 0. The van der Waals surface area contributed by atoms with E-state index in [1.54, 1.807) is 30.4 Å². The summed E-state index contributed by atoms with van der Waals surface area (Å²) in [4.78, 5) is 30.6. The van der Waals surface area contributed by atoms with E-state index in [4.69, 9.17) is 4.74 Å². The number of piperazine rings is 1. The second-order valence-corrected chi connectivity index (χ2v) is 7.29. The van der Waals surface area contributed by atoms with Crippen molar-refractivity contribution < 1.29 is 4.74 Å². The van der Waals surface area contributed by atoms with Crippen molar-refractivity contribution in [2.24, 2.45) is 0 Å². The van der Waals surface area contributed by atoms with Crippen molar-refractivity contribution in [1.82, 2.24) is 24.4 Å². The largest absolute Gasteiger partial charge is 0.383 e. The molecule has 1 fully saturated rings. The third kappa shape index (κ3) is 4.28. The zero-order chi connectivity index (χ0) is 20.2. The molecule has 4 rings (SSSR count). The van der Waals surface area contributed by atoms with E-state index in [1.165, 1.54) is 0 Å². The topological polar surface area (TPSA) is 76.4 Å². The molecule has 1 aliphatic rings. The number of ether oxygens (including phenoxy) is 1. The fraction of sp³-hybridized carbons (Fsp3) is 0.429. The van der Waals surface area contributed by atoms with E-state index in [2.05, 4.69) is 24.8 Å². The number of methoxy groups -OCH3 is 1. The van der Waals surface area contributed by atoms with Gasteiger partial charge in [-0.3, -0.25) is 24.2 Å². The van der Waals surface area contributed by atoms with E-state index < -0.39 is 0 Å². The predicted octanol–water partition coefficient (Wildman–Crippen LogP) is 1.46. The molecule has 0 bridgehead atoms. The van der Waals surface area contributed by atoms with E-state index in [-0.39, 0.29) is 5.56 Å². The fourth-order valence-corrected chi connectivity index (χ4v) is 3.66. The molecule has 1 aliphatic heterocycles. The van der Waals surface area contributed by atoms with Crippen LogP contribution in [0.2, 0.25) is 0 Å². The fourth-order valence-electron chi connectivity index (χ4n) is 3.66. The van der Waals surface area contributed by atoms with Crippen molar-refractivity contribution in [3.05, 3.63) is 58.7 Å². The average Bonchev–Trinajstić information content (AvgIpc) is 2.75. The van der Waals surface area contributed by atoms with Crippen LogP contribution in [0, 0.1) is 6.92 Å². The molecule has 152 valence electrons. The summed E-state index contributed by atoms with van der Waals surface area (Å²) >= 11 is 0. The Bertz CT molecular complexity index is 1040. The molecule has 0 saturated carbocycles. The first-order chi connectivity index (χ1) is 14.2. The lowest BCUT2D eigenvalue weighted by atomic mass is 10.2. The molecular formula is C21H26N6O2. The van der Waals surface area contributed by atoms with Gasteiger partial charge in [0.2, 0.25) is 0 Å². The maximum absolute atomic E-state index is 12.6. The normalized spacial score (nSPS) is 15.2. The van der Waals surface area contributed by atoms with Crippen molar-refractivity contribution in [2.75, 3.05) is 44.8 Å². The first-order valence-electron chi connectivity index (χ1n) is 9.87. The SMILES string of the molecule is COCCn1cnc2cc(N3CCN(Cc4nccnc4C)CC3)ccc2c1=O. The van der Waals surface area contributed by atoms with Crippen LogP contribution >= 0.6 is 0 Å². The molecular weight excluding hydrogens is 368 g/mol. The molecule has 1 aromatic carbocycles. The number of fused-ring (bicyclic) bond motifs is 1. The molecule has 1 saturated heterocycles. The Balaban J connectivity index is 1.44. The first-order valence-corrected chi connectivity index (χ1v) is 9.87. The highest BCUT2D eigenvalue weighted by Crippen LogP contribution is 2.21. The number of benzene rings is 1. The lowest BCUT2D eigenvalue weighted by Gasteiger charge is -2.36. The van der Waals surface area contributed by atoms with Crippen LogP contribution in [0.5, 0.6) is 0 Å². The molecule has 3 heterocycles. The number of aromatic nitrogens is 4. The van der Waals surface area contributed by atoms with Crippen LogP contribution < -0.4 is 10.5 Å². The molecule has 0 aliphatic carbocycles. The number of aryl methyl sites for hydroxylation is 1. The van der Waals surface area contributed by atoms with Crippen LogP contribution in [0.1, 0.15) is 11.4 Å². The van der Waals surface area contributed by atoms with Gasteiger partial charge >= 0.3 is 0 Å². The van der Waals surface area contributed by atoms with Crippen molar-refractivity contribution >= 4 is 16.6 Å². The van der Waals surface area contributed by atoms with Gasteiger partial charge in [-0.15, -0.1) is 0 Å². The second kappa shape index (κ2) is 8.67. The van der Waals surface area contributed by atoms with Gasteiger partial charge < -0.3 is 9.64 Å². The maximum atomic E-state index is 12.6. The number of hydrogen-bond acceptors (Lipinski definition) is 7. The van der Waals surface area contributed by atoms with Crippen LogP contribution in [0.25, 0.3) is 10.9 Å². The minimum atomic E-state index is -0.0252. The molecule has 0 radical (unpaired) electrons. The van der Waals surface area contributed by atoms with Gasteiger partial charge in [-0.25, -0.2) is 4.98 Å². The molecule has 8 nitrogen and oxygen atoms in total. The summed E-state index contributed by atoms with van der Waals surface area (Å²) in [5.41, 5.74) is 3.85. The Kier molecular flexibility index (Phi) is 5.82. The summed E-state index contributed by atoms with van der Waals surface area (Å²) in [5.74, 6) is 0. The molecule has 3 aromatic rings. The van der Waals surface area contributed by atoms with Crippen LogP contribution in [0.3, 0.4) is 0 Å². The van der Waals surface area contributed by atoms with Gasteiger partial charge in [0.25, 0.3) is 5.56 Å². The van der Waals surface area contributed by atoms with E-state index >= 15 is 0 Å². The predicted molar refractivity (Wildman–Crippen MR) is 112 cm³/mol. The van der Waals surface area contributed by atoms with Crippen LogP contribution in [0.4, 0.5) is 5.69 Å². The Morgan fingerprint density at radius 2 is 1.86 bits per heavy atom. The highest BCUT2D eigenvalue weighted by atomic mass is 16.5. The third-order valence-electron chi connectivity index (χ3n) is 5.44. The summed E-state index contributed by atoms with van der Waals surface area (Å²) in [5, 5.41) is 0.643. The van der Waals surface area contributed by atoms with Gasteiger partial charge in [0, 0.05) is 57.9 Å². The van der Waals surface area contributed by atoms with Gasteiger partial charge in [0.05, 0.1) is 41.8 Å².